The van der Waals surface area contributed by atoms with E-state index in [0.29, 0.717) is 17.4 Å². The number of pyridine rings is 1. The molecule has 25 heavy (non-hydrogen) atoms. The lowest BCUT2D eigenvalue weighted by atomic mass is 9.94. The predicted molar refractivity (Wildman–Crippen MR) is 92.6 cm³/mol. The highest BCUT2D eigenvalue weighted by atomic mass is 16.5. The first-order chi connectivity index (χ1) is 12.2. The third kappa shape index (κ3) is 3.14. The maximum Gasteiger partial charge on any atom is 0.254 e. The Hall–Kier alpha value is -2.70. The van der Waals surface area contributed by atoms with Gasteiger partial charge < -0.3 is 14.5 Å². The molecule has 3 aliphatic heterocycles. The first kappa shape index (κ1) is 15.8. The van der Waals surface area contributed by atoms with E-state index in [1.54, 1.807) is 37.8 Å². The average molecular weight is 339 g/mol. The monoisotopic (exact) mass is 339 g/mol. The summed E-state index contributed by atoms with van der Waals surface area (Å²) >= 11 is 0. The Morgan fingerprint density at radius 2 is 1.96 bits per heavy atom. The number of anilines is 1. The fraction of sp³-hybridized carbons (Fsp3) is 0.444. The van der Waals surface area contributed by atoms with Crippen molar-refractivity contribution in [2.24, 2.45) is 5.92 Å². The van der Waals surface area contributed by atoms with Crippen LogP contribution in [-0.2, 0) is 0 Å². The summed E-state index contributed by atoms with van der Waals surface area (Å²) in [5, 5.41) is 0. The second-order valence-corrected chi connectivity index (χ2v) is 6.60. The smallest absolute Gasteiger partial charge is 0.254 e. The van der Waals surface area contributed by atoms with Crippen molar-refractivity contribution in [3.8, 4) is 5.88 Å². The van der Waals surface area contributed by atoms with Crippen LogP contribution in [0.5, 0.6) is 5.88 Å². The van der Waals surface area contributed by atoms with Gasteiger partial charge in [-0.15, -0.1) is 0 Å². The molecular formula is C18H21N5O2. The van der Waals surface area contributed by atoms with Crippen LogP contribution in [0.15, 0.2) is 36.8 Å². The minimum atomic E-state index is 0.0474. The first-order valence-corrected chi connectivity index (χ1v) is 8.57. The van der Waals surface area contributed by atoms with Crippen molar-refractivity contribution in [2.45, 2.75) is 18.9 Å². The number of methoxy groups -OCH3 is 1. The number of nitrogens with zero attached hydrogens (tertiary/aromatic N) is 5. The van der Waals surface area contributed by atoms with Gasteiger partial charge >= 0.3 is 0 Å². The van der Waals surface area contributed by atoms with Crippen molar-refractivity contribution in [1.29, 1.82) is 0 Å². The summed E-state index contributed by atoms with van der Waals surface area (Å²) in [6.07, 6.45) is 7.30. The molecule has 2 bridgehead atoms. The highest BCUT2D eigenvalue weighted by Gasteiger charge is 2.38. The Labute approximate surface area is 146 Å². The summed E-state index contributed by atoms with van der Waals surface area (Å²) in [7, 11) is 1.56. The standard InChI is InChI=1S/C18H21N5O2/c1-25-16-9-14(5-8-19-16)17(24)23-11-13-3-4-15(23)12-22(10-13)18-20-6-2-7-21-18/h2,5-9,13,15H,3-4,10-12H2,1H3. The zero-order chi connectivity index (χ0) is 17.2. The molecule has 0 spiro atoms. The normalized spacial score (nSPS) is 22.6. The van der Waals surface area contributed by atoms with Gasteiger partial charge in [-0.05, 0) is 30.9 Å². The lowest BCUT2D eigenvalue weighted by Crippen LogP contribution is -2.47. The van der Waals surface area contributed by atoms with Gasteiger partial charge in [0.2, 0.25) is 11.8 Å². The maximum atomic E-state index is 13.0. The number of carbonyl (C=O) groups is 1. The Morgan fingerprint density at radius 3 is 2.76 bits per heavy atom. The highest BCUT2D eigenvalue weighted by molar-refractivity contribution is 5.94. The van der Waals surface area contributed by atoms with Crippen LogP contribution in [0.3, 0.4) is 0 Å². The quantitative estimate of drug-likeness (QED) is 0.846. The van der Waals surface area contributed by atoms with Gasteiger partial charge in [-0.3, -0.25) is 4.79 Å². The number of hydrogen-bond donors (Lipinski definition) is 0. The van der Waals surface area contributed by atoms with Crippen molar-refractivity contribution in [3.05, 3.63) is 42.4 Å². The lowest BCUT2D eigenvalue weighted by Gasteiger charge is -2.36. The van der Waals surface area contributed by atoms with E-state index in [1.165, 1.54) is 0 Å². The third-order valence-corrected chi connectivity index (χ3v) is 5.00. The molecule has 0 radical (unpaired) electrons. The fourth-order valence-electron chi connectivity index (χ4n) is 3.77. The van der Waals surface area contributed by atoms with E-state index < -0.39 is 0 Å². The van der Waals surface area contributed by atoms with Gasteiger partial charge in [0, 0.05) is 55.9 Å². The molecule has 2 aromatic heterocycles. The van der Waals surface area contributed by atoms with E-state index in [2.05, 4.69) is 19.9 Å². The highest BCUT2D eigenvalue weighted by Crippen LogP contribution is 2.30. The molecule has 0 saturated carbocycles. The molecule has 130 valence electrons. The number of piperidine rings is 1. The first-order valence-electron chi connectivity index (χ1n) is 8.57. The molecular weight excluding hydrogens is 318 g/mol. The van der Waals surface area contributed by atoms with E-state index >= 15 is 0 Å². The average Bonchev–Trinajstić information content (AvgIpc) is 3.00. The second-order valence-electron chi connectivity index (χ2n) is 6.60. The molecule has 2 unspecified atom stereocenters. The summed E-state index contributed by atoms with van der Waals surface area (Å²) in [6.45, 7) is 2.44. The molecule has 7 heteroatoms. The summed E-state index contributed by atoms with van der Waals surface area (Å²) in [5.41, 5.74) is 0.627. The molecule has 3 fully saturated rings. The van der Waals surface area contributed by atoms with Gasteiger partial charge in [0.05, 0.1) is 7.11 Å². The lowest BCUT2D eigenvalue weighted by molar-refractivity contribution is 0.0591. The molecule has 2 atom stereocenters. The van der Waals surface area contributed by atoms with Crippen LogP contribution >= 0.6 is 0 Å². The minimum absolute atomic E-state index is 0.0474. The van der Waals surface area contributed by atoms with Crippen molar-refractivity contribution < 1.29 is 9.53 Å². The second kappa shape index (κ2) is 6.66. The van der Waals surface area contributed by atoms with Crippen LogP contribution in [0.4, 0.5) is 5.95 Å². The van der Waals surface area contributed by atoms with Gasteiger partial charge in [-0.2, -0.15) is 0 Å². The van der Waals surface area contributed by atoms with Gasteiger partial charge in [0.25, 0.3) is 5.91 Å². The van der Waals surface area contributed by atoms with Crippen molar-refractivity contribution in [3.63, 3.8) is 0 Å². The number of fused-ring (bicyclic) bond motifs is 4. The number of hydrogen-bond acceptors (Lipinski definition) is 6. The molecule has 1 amide bonds. The summed E-state index contributed by atoms with van der Waals surface area (Å²) in [6, 6.07) is 5.46. The van der Waals surface area contributed by atoms with Crippen LogP contribution in [0.1, 0.15) is 23.2 Å². The van der Waals surface area contributed by atoms with Crippen LogP contribution < -0.4 is 9.64 Å². The zero-order valence-electron chi connectivity index (χ0n) is 14.2. The number of amides is 1. The number of carbonyl (C=O) groups excluding carboxylic acids is 1. The fourth-order valence-corrected chi connectivity index (χ4v) is 3.77. The number of rotatable bonds is 3. The zero-order valence-corrected chi connectivity index (χ0v) is 14.2. The van der Waals surface area contributed by atoms with Crippen LogP contribution in [0.25, 0.3) is 0 Å². The number of ether oxygens (including phenoxy) is 1. The van der Waals surface area contributed by atoms with Crippen molar-refractivity contribution >= 4 is 11.9 Å². The largest absolute Gasteiger partial charge is 0.481 e. The summed E-state index contributed by atoms with van der Waals surface area (Å²) in [4.78, 5) is 30.1. The molecule has 7 nitrogen and oxygen atoms in total. The molecule has 3 saturated heterocycles. The topological polar surface area (TPSA) is 71.5 Å². The Bertz CT molecular complexity index is 754. The Balaban J connectivity index is 1.57. The molecule has 2 aromatic rings. The minimum Gasteiger partial charge on any atom is -0.481 e. The maximum absolute atomic E-state index is 13.0. The van der Waals surface area contributed by atoms with E-state index in [4.69, 9.17) is 4.74 Å². The Morgan fingerprint density at radius 1 is 1.12 bits per heavy atom. The van der Waals surface area contributed by atoms with E-state index in [1.807, 2.05) is 11.0 Å². The molecule has 5 heterocycles. The Kier molecular flexibility index (Phi) is 4.21. The van der Waals surface area contributed by atoms with E-state index in [9.17, 15) is 4.79 Å². The number of aromatic nitrogens is 3. The third-order valence-electron chi connectivity index (χ3n) is 5.00. The van der Waals surface area contributed by atoms with Crippen LogP contribution in [0, 0.1) is 5.92 Å². The molecule has 0 N–H and O–H groups in total. The molecule has 0 aromatic carbocycles. The summed E-state index contributed by atoms with van der Waals surface area (Å²) in [5.74, 6) is 1.70. The van der Waals surface area contributed by atoms with Gasteiger partial charge in [0.1, 0.15) is 0 Å². The van der Waals surface area contributed by atoms with Gasteiger partial charge in [-0.1, -0.05) is 0 Å². The van der Waals surface area contributed by atoms with Gasteiger partial charge in [-0.25, -0.2) is 15.0 Å². The predicted octanol–water partition coefficient (Wildman–Crippen LogP) is 1.62. The molecule has 3 aliphatic rings. The van der Waals surface area contributed by atoms with E-state index in [-0.39, 0.29) is 11.9 Å². The van der Waals surface area contributed by atoms with Gasteiger partial charge in [0.15, 0.2) is 0 Å². The van der Waals surface area contributed by atoms with E-state index in [0.717, 1.165) is 38.4 Å². The molecule has 5 rings (SSSR count). The van der Waals surface area contributed by atoms with Crippen molar-refractivity contribution in [1.82, 2.24) is 19.9 Å². The van der Waals surface area contributed by atoms with Crippen LogP contribution in [0.2, 0.25) is 0 Å². The molecule has 0 aliphatic carbocycles. The van der Waals surface area contributed by atoms with Crippen molar-refractivity contribution in [2.75, 3.05) is 31.6 Å². The van der Waals surface area contributed by atoms with Crippen LogP contribution in [-0.4, -0.2) is 58.5 Å². The SMILES string of the molecule is COc1cc(C(=O)N2CC3CCC2CN(c2ncccn2)C3)ccn1. The summed E-state index contributed by atoms with van der Waals surface area (Å²) < 4.78 is 5.15.